The second-order valence-electron chi connectivity index (χ2n) is 6.75. The number of aliphatic carboxylic acids is 1. The number of carboxylic acid groups (broad SMARTS) is 1. The van der Waals surface area contributed by atoms with Crippen molar-refractivity contribution < 1.29 is 32.3 Å². The fourth-order valence-corrected chi connectivity index (χ4v) is 3.87. The van der Waals surface area contributed by atoms with Gasteiger partial charge < -0.3 is 19.9 Å². The Hall–Kier alpha value is -1.52. The van der Waals surface area contributed by atoms with Crippen LogP contribution in [0.2, 0.25) is 0 Å². The van der Waals surface area contributed by atoms with Crippen LogP contribution in [0.3, 0.4) is 0 Å². The molecule has 27 heavy (non-hydrogen) atoms. The normalized spacial score (nSPS) is 24.3. The van der Waals surface area contributed by atoms with E-state index in [0.717, 1.165) is 24.9 Å². The van der Waals surface area contributed by atoms with Crippen LogP contribution in [0.25, 0.3) is 0 Å². The number of ether oxygens (including phenoxy) is 2. The van der Waals surface area contributed by atoms with E-state index in [0.29, 0.717) is 19.6 Å². The van der Waals surface area contributed by atoms with Gasteiger partial charge in [-0.05, 0) is 32.0 Å². The minimum Gasteiger partial charge on any atom is -0.481 e. The van der Waals surface area contributed by atoms with Crippen molar-refractivity contribution in [1.29, 1.82) is 0 Å². The Balaban J connectivity index is 0.000000208. The van der Waals surface area contributed by atoms with Crippen LogP contribution in [0.1, 0.15) is 31.7 Å². The molecule has 1 spiro atoms. The highest BCUT2D eigenvalue weighted by molar-refractivity contribution is 7.85. The lowest BCUT2D eigenvalue weighted by Gasteiger charge is -2.39. The van der Waals surface area contributed by atoms with Crippen LogP contribution in [-0.2, 0) is 24.4 Å². The molecule has 0 unspecified atom stereocenters. The molecule has 1 saturated carbocycles. The summed E-state index contributed by atoms with van der Waals surface area (Å²) in [6.07, 6.45) is 2.04. The van der Waals surface area contributed by atoms with Gasteiger partial charge in [0.05, 0.1) is 24.0 Å². The fourth-order valence-electron chi connectivity index (χ4n) is 3.39. The highest BCUT2D eigenvalue weighted by Gasteiger charge is 2.47. The van der Waals surface area contributed by atoms with E-state index in [-0.39, 0.29) is 10.9 Å². The van der Waals surface area contributed by atoms with Gasteiger partial charge in [0, 0.05) is 18.9 Å². The first-order valence-corrected chi connectivity index (χ1v) is 10.4. The second-order valence-corrected chi connectivity index (χ2v) is 8.17. The molecule has 1 saturated heterocycles. The molecule has 1 aromatic rings. The van der Waals surface area contributed by atoms with E-state index in [9.17, 15) is 18.3 Å². The zero-order valence-corrected chi connectivity index (χ0v) is 16.4. The summed E-state index contributed by atoms with van der Waals surface area (Å²) >= 11 is 0. The van der Waals surface area contributed by atoms with Gasteiger partial charge in [0.15, 0.2) is 5.79 Å². The molecular weight excluding hydrogens is 374 g/mol. The molecule has 3 N–H and O–H groups in total. The van der Waals surface area contributed by atoms with Crippen LogP contribution in [0, 0.1) is 12.8 Å². The number of rotatable bonds is 4. The van der Waals surface area contributed by atoms with Crippen LogP contribution in [-0.4, -0.2) is 55.6 Å². The highest BCUT2D eigenvalue weighted by atomic mass is 32.2. The third-order valence-corrected chi connectivity index (χ3v) is 5.64. The third kappa shape index (κ3) is 5.98. The summed E-state index contributed by atoms with van der Waals surface area (Å²) in [4.78, 5) is 11.2. The molecule has 2 fully saturated rings. The van der Waals surface area contributed by atoms with Crippen LogP contribution in [0.5, 0.6) is 0 Å². The van der Waals surface area contributed by atoms with Crippen LogP contribution < -0.4 is 5.32 Å². The first kappa shape index (κ1) is 21.8. The number of benzene rings is 1. The van der Waals surface area contributed by atoms with Crippen molar-refractivity contribution in [3.63, 3.8) is 0 Å². The van der Waals surface area contributed by atoms with E-state index >= 15 is 0 Å². The molecule has 0 aromatic heterocycles. The Morgan fingerprint density at radius 3 is 2.33 bits per heavy atom. The molecule has 0 radical (unpaired) electrons. The van der Waals surface area contributed by atoms with Gasteiger partial charge in [0.2, 0.25) is 0 Å². The molecule has 8 nitrogen and oxygen atoms in total. The third-order valence-electron chi connectivity index (χ3n) is 4.77. The second kappa shape index (κ2) is 9.11. The van der Waals surface area contributed by atoms with Crippen molar-refractivity contribution in [3.05, 3.63) is 29.8 Å². The molecule has 1 aromatic carbocycles. The van der Waals surface area contributed by atoms with E-state index < -0.39 is 27.8 Å². The summed E-state index contributed by atoms with van der Waals surface area (Å²) < 4.78 is 40.7. The average molecular weight is 401 g/mol. The molecule has 152 valence electrons. The van der Waals surface area contributed by atoms with Crippen molar-refractivity contribution in [1.82, 2.24) is 5.32 Å². The van der Waals surface area contributed by atoms with E-state index in [1.165, 1.54) is 12.1 Å². The van der Waals surface area contributed by atoms with Gasteiger partial charge in [0.25, 0.3) is 10.1 Å². The van der Waals surface area contributed by atoms with Crippen molar-refractivity contribution in [2.45, 2.75) is 49.8 Å². The molecule has 1 aliphatic heterocycles. The molecule has 3 rings (SSSR count). The average Bonchev–Trinajstić information content (AvgIpc) is 3.05. The lowest BCUT2D eigenvalue weighted by Crippen LogP contribution is -2.50. The SMILES string of the molecule is CCN[C@H]1CCC2(C[C@H]1C(=O)O)OCCO2.Cc1ccc(S(=O)(=O)O)cc1. The Kier molecular flexibility index (Phi) is 7.35. The van der Waals surface area contributed by atoms with Crippen molar-refractivity contribution >= 4 is 16.1 Å². The van der Waals surface area contributed by atoms with Gasteiger partial charge in [-0.3, -0.25) is 9.35 Å². The van der Waals surface area contributed by atoms with Gasteiger partial charge in [-0.15, -0.1) is 0 Å². The maximum absolute atomic E-state index is 11.2. The van der Waals surface area contributed by atoms with Gasteiger partial charge >= 0.3 is 5.97 Å². The number of nitrogens with one attached hydrogen (secondary N) is 1. The quantitative estimate of drug-likeness (QED) is 0.653. The lowest BCUT2D eigenvalue weighted by atomic mass is 9.80. The monoisotopic (exact) mass is 401 g/mol. The highest BCUT2D eigenvalue weighted by Crippen LogP contribution is 2.39. The fraction of sp³-hybridized carbons (Fsp3) is 0.611. The number of carboxylic acids is 1. The maximum Gasteiger partial charge on any atom is 0.308 e. The summed E-state index contributed by atoms with van der Waals surface area (Å²) in [7, 11) is -4.02. The van der Waals surface area contributed by atoms with E-state index in [1.54, 1.807) is 12.1 Å². The van der Waals surface area contributed by atoms with Gasteiger partial charge in [-0.2, -0.15) is 8.42 Å². The van der Waals surface area contributed by atoms with E-state index in [1.807, 2.05) is 13.8 Å². The van der Waals surface area contributed by atoms with Crippen molar-refractivity contribution in [3.8, 4) is 0 Å². The minimum atomic E-state index is -4.02. The zero-order chi connectivity index (χ0) is 20.1. The Morgan fingerprint density at radius 2 is 1.85 bits per heavy atom. The minimum absolute atomic E-state index is 0.0425. The molecular formula is C18H27NO7S. The largest absolute Gasteiger partial charge is 0.481 e. The van der Waals surface area contributed by atoms with E-state index in [2.05, 4.69) is 5.32 Å². The zero-order valence-electron chi connectivity index (χ0n) is 15.6. The van der Waals surface area contributed by atoms with Gasteiger partial charge in [-0.1, -0.05) is 24.6 Å². The Morgan fingerprint density at radius 1 is 1.26 bits per heavy atom. The summed E-state index contributed by atoms with van der Waals surface area (Å²) in [5.74, 6) is -1.79. The molecule has 2 atom stereocenters. The molecule has 0 bridgehead atoms. The molecule has 2 aliphatic rings. The van der Waals surface area contributed by atoms with E-state index in [4.69, 9.17) is 14.0 Å². The standard InChI is InChI=1S/C11H19NO4.C7H8O3S/c1-2-12-9-3-4-11(15-5-6-16-11)7-8(9)10(13)14;1-6-2-4-7(5-3-6)11(8,9)10/h8-9,12H,2-7H2,1H3,(H,13,14);2-5H,1H3,(H,8,9,10)/t8-,9+;/m1./s1. The van der Waals surface area contributed by atoms with Gasteiger partial charge in [0.1, 0.15) is 0 Å². The molecule has 1 aliphatic carbocycles. The van der Waals surface area contributed by atoms with Crippen LogP contribution >= 0.6 is 0 Å². The first-order valence-electron chi connectivity index (χ1n) is 8.95. The van der Waals surface area contributed by atoms with Gasteiger partial charge in [-0.25, -0.2) is 0 Å². The van der Waals surface area contributed by atoms with Crippen molar-refractivity contribution in [2.75, 3.05) is 19.8 Å². The smallest absolute Gasteiger partial charge is 0.308 e. The Bertz CT molecular complexity index is 727. The lowest BCUT2D eigenvalue weighted by molar-refractivity contribution is -0.197. The molecule has 0 amide bonds. The summed E-state index contributed by atoms with van der Waals surface area (Å²) in [5.41, 5.74) is 0.956. The molecule has 1 heterocycles. The summed E-state index contributed by atoms with van der Waals surface area (Å²) in [5, 5.41) is 12.5. The number of carbonyl (C=O) groups is 1. The van der Waals surface area contributed by atoms with Crippen LogP contribution in [0.15, 0.2) is 29.2 Å². The summed E-state index contributed by atoms with van der Waals surface area (Å²) in [6.45, 7) is 5.79. The maximum atomic E-state index is 11.2. The molecule has 9 heteroatoms. The predicted molar refractivity (Wildman–Crippen MR) is 98.1 cm³/mol. The topological polar surface area (TPSA) is 122 Å². The van der Waals surface area contributed by atoms with Crippen LogP contribution in [0.4, 0.5) is 0 Å². The number of hydrogen-bond donors (Lipinski definition) is 3. The number of hydrogen-bond acceptors (Lipinski definition) is 6. The number of aryl methyl sites for hydroxylation is 1. The van der Waals surface area contributed by atoms with Crippen molar-refractivity contribution in [2.24, 2.45) is 5.92 Å². The first-order chi connectivity index (χ1) is 12.7. The Labute approximate surface area is 159 Å². The summed E-state index contributed by atoms with van der Waals surface area (Å²) in [6, 6.07) is 6.03. The predicted octanol–water partition coefficient (Wildman–Crippen LogP) is 1.83.